The number of fused-ring (bicyclic) bond motifs is 1. The molecule has 0 radical (unpaired) electrons. The van der Waals surface area contributed by atoms with Crippen LogP contribution in [0.15, 0.2) is 12.2 Å². The Morgan fingerprint density at radius 1 is 1.53 bits per heavy atom. The van der Waals surface area contributed by atoms with E-state index >= 15 is 0 Å². The third-order valence-electron chi connectivity index (χ3n) is 4.12. The maximum absolute atomic E-state index is 12.5. The predicted molar refractivity (Wildman–Crippen MR) is 60.4 cm³/mol. The second-order valence-corrected chi connectivity index (χ2v) is 5.07. The van der Waals surface area contributed by atoms with Crippen LogP contribution in [0.4, 0.5) is 0 Å². The molecule has 3 aliphatic rings. The summed E-state index contributed by atoms with van der Waals surface area (Å²) < 4.78 is 0. The zero-order chi connectivity index (χ0) is 12.0. The van der Waals surface area contributed by atoms with E-state index in [9.17, 15) is 9.59 Å². The molecule has 3 atom stereocenters. The Bertz CT molecular complexity index is 399. The minimum Gasteiger partial charge on any atom is -0.480 e. The van der Waals surface area contributed by atoms with Gasteiger partial charge in [-0.3, -0.25) is 4.79 Å². The minimum atomic E-state index is -0.885. The Labute approximate surface area is 99.5 Å². The van der Waals surface area contributed by atoms with Crippen molar-refractivity contribution in [1.29, 1.82) is 0 Å². The number of amides is 1. The molecule has 1 amide bonds. The van der Waals surface area contributed by atoms with Gasteiger partial charge in [-0.05, 0) is 32.2 Å². The number of nitrogens with one attached hydrogen (secondary N) is 1. The van der Waals surface area contributed by atoms with Gasteiger partial charge in [0.15, 0.2) is 0 Å². The van der Waals surface area contributed by atoms with Crippen LogP contribution >= 0.6 is 0 Å². The van der Waals surface area contributed by atoms with Crippen molar-refractivity contribution in [3.05, 3.63) is 12.2 Å². The number of carbonyl (C=O) groups excluding carboxylic acids is 1. The number of aliphatic carboxylic acids is 1. The van der Waals surface area contributed by atoms with E-state index < -0.39 is 17.6 Å². The van der Waals surface area contributed by atoms with Gasteiger partial charge >= 0.3 is 5.97 Å². The van der Waals surface area contributed by atoms with Crippen LogP contribution in [0.3, 0.4) is 0 Å². The lowest BCUT2D eigenvalue weighted by Gasteiger charge is -2.38. The third-order valence-corrected chi connectivity index (χ3v) is 4.12. The van der Waals surface area contributed by atoms with E-state index in [1.165, 1.54) is 0 Å². The normalized spacial score (nSPS) is 40.0. The first kappa shape index (κ1) is 10.8. The van der Waals surface area contributed by atoms with Crippen LogP contribution in [0, 0.1) is 0 Å². The van der Waals surface area contributed by atoms with Gasteiger partial charge in [0, 0.05) is 0 Å². The summed E-state index contributed by atoms with van der Waals surface area (Å²) in [6.45, 7) is 0.826. The van der Waals surface area contributed by atoms with E-state index in [4.69, 9.17) is 5.11 Å². The molecule has 5 nitrogen and oxygen atoms in total. The molecule has 3 aliphatic heterocycles. The number of carbonyl (C=O) groups is 2. The summed E-state index contributed by atoms with van der Waals surface area (Å²) in [4.78, 5) is 25.2. The molecule has 0 saturated carbocycles. The van der Waals surface area contributed by atoms with Crippen LogP contribution in [0.2, 0.25) is 0 Å². The Kier molecular flexibility index (Phi) is 2.26. The Hall–Kier alpha value is -1.36. The Morgan fingerprint density at radius 2 is 2.35 bits per heavy atom. The van der Waals surface area contributed by atoms with Gasteiger partial charge in [0.2, 0.25) is 5.91 Å². The third kappa shape index (κ3) is 1.42. The van der Waals surface area contributed by atoms with Crippen LogP contribution in [0.25, 0.3) is 0 Å². The molecular formula is C12H16N2O3. The van der Waals surface area contributed by atoms with Crippen LogP contribution in [0.5, 0.6) is 0 Å². The van der Waals surface area contributed by atoms with Gasteiger partial charge in [0.1, 0.15) is 11.6 Å². The van der Waals surface area contributed by atoms with Crippen molar-refractivity contribution in [1.82, 2.24) is 10.2 Å². The lowest BCUT2D eigenvalue weighted by Crippen LogP contribution is -2.60. The second kappa shape index (κ2) is 3.57. The van der Waals surface area contributed by atoms with Crippen LogP contribution < -0.4 is 5.32 Å². The van der Waals surface area contributed by atoms with Crippen LogP contribution in [0.1, 0.15) is 25.7 Å². The second-order valence-electron chi connectivity index (χ2n) is 5.07. The van der Waals surface area contributed by atoms with E-state index in [2.05, 4.69) is 5.32 Å². The number of hydrogen-bond acceptors (Lipinski definition) is 3. The quantitative estimate of drug-likeness (QED) is 0.635. The summed E-state index contributed by atoms with van der Waals surface area (Å²) in [5.74, 6) is -0.934. The highest BCUT2D eigenvalue weighted by molar-refractivity contribution is 5.94. The monoisotopic (exact) mass is 236 g/mol. The average Bonchev–Trinajstić information content (AvgIpc) is 2.92. The van der Waals surface area contributed by atoms with Crippen LogP contribution in [-0.4, -0.2) is 46.1 Å². The molecule has 5 heteroatoms. The highest BCUT2D eigenvalue weighted by atomic mass is 16.4. The molecule has 3 heterocycles. The molecule has 0 aromatic carbocycles. The number of hydrogen-bond donors (Lipinski definition) is 2. The number of nitrogens with zero attached hydrogens (tertiary/aromatic N) is 1. The first-order valence-corrected chi connectivity index (χ1v) is 6.14. The first-order chi connectivity index (χ1) is 8.14. The maximum Gasteiger partial charge on any atom is 0.326 e. The zero-order valence-corrected chi connectivity index (χ0v) is 9.56. The van der Waals surface area contributed by atoms with Crippen molar-refractivity contribution in [2.45, 2.75) is 43.3 Å². The van der Waals surface area contributed by atoms with Crippen molar-refractivity contribution in [2.24, 2.45) is 0 Å². The highest BCUT2D eigenvalue weighted by Crippen LogP contribution is 2.35. The van der Waals surface area contributed by atoms with Crippen molar-refractivity contribution >= 4 is 11.9 Å². The van der Waals surface area contributed by atoms with Gasteiger partial charge in [-0.25, -0.2) is 4.79 Å². The Balaban J connectivity index is 1.95. The minimum absolute atomic E-state index is 0.0170. The maximum atomic E-state index is 12.5. The first-order valence-electron chi connectivity index (χ1n) is 6.14. The molecule has 2 N–H and O–H groups in total. The topological polar surface area (TPSA) is 69.6 Å². The van der Waals surface area contributed by atoms with Crippen molar-refractivity contribution < 1.29 is 14.7 Å². The predicted octanol–water partition coefficient (Wildman–Crippen LogP) is 0.123. The molecule has 92 valence electrons. The summed E-state index contributed by atoms with van der Waals surface area (Å²) in [7, 11) is 0. The fourth-order valence-corrected chi connectivity index (χ4v) is 3.23. The van der Waals surface area contributed by atoms with Crippen molar-refractivity contribution in [3.8, 4) is 0 Å². The summed E-state index contributed by atoms with van der Waals surface area (Å²) in [5.41, 5.74) is -0.617. The smallest absolute Gasteiger partial charge is 0.326 e. The van der Waals surface area contributed by atoms with E-state index in [1.54, 1.807) is 4.90 Å². The molecule has 2 fully saturated rings. The molecule has 2 saturated heterocycles. The van der Waals surface area contributed by atoms with Gasteiger partial charge in [-0.2, -0.15) is 0 Å². The SMILES string of the molecule is O=C(O)C1CCC2C=CC3(CCCN3)C(=O)N21. The van der Waals surface area contributed by atoms with E-state index in [0.717, 1.165) is 25.8 Å². The largest absolute Gasteiger partial charge is 0.480 e. The highest BCUT2D eigenvalue weighted by Gasteiger charge is 2.51. The summed E-state index contributed by atoms with van der Waals surface area (Å²) in [6.07, 6.45) is 7.02. The van der Waals surface area contributed by atoms with E-state index in [-0.39, 0.29) is 11.9 Å². The molecule has 0 aromatic rings. The molecule has 3 rings (SSSR count). The molecule has 3 unspecified atom stereocenters. The summed E-state index contributed by atoms with van der Waals surface area (Å²) >= 11 is 0. The van der Waals surface area contributed by atoms with Gasteiger partial charge in [-0.1, -0.05) is 12.2 Å². The van der Waals surface area contributed by atoms with Crippen LogP contribution in [-0.2, 0) is 9.59 Å². The van der Waals surface area contributed by atoms with Gasteiger partial charge < -0.3 is 15.3 Å². The number of carboxylic acids is 1. The molecule has 0 aliphatic carbocycles. The van der Waals surface area contributed by atoms with E-state index in [0.29, 0.717) is 6.42 Å². The zero-order valence-electron chi connectivity index (χ0n) is 9.56. The molecular weight excluding hydrogens is 220 g/mol. The van der Waals surface area contributed by atoms with E-state index in [1.807, 2.05) is 12.2 Å². The van der Waals surface area contributed by atoms with Gasteiger partial charge in [0.25, 0.3) is 0 Å². The lowest BCUT2D eigenvalue weighted by atomic mass is 9.90. The molecule has 0 bridgehead atoms. The van der Waals surface area contributed by atoms with Gasteiger partial charge in [-0.15, -0.1) is 0 Å². The lowest BCUT2D eigenvalue weighted by molar-refractivity contribution is -0.151. The number of carboxylic acid groups (broad SMARTS) is 1. The van der Waals surface area contributed by atoms with Gasteiger partial charge in [0.05, 0.1) is 6.04 Å². The average molecular weight is 236 g/mol. The molecule has 1 spiro atoms. The van der Waals surface area contributed by atoms with Crippen molar-refractivity contribution in [3.63, 3.8) is 0 Å². The summed E-state index contributed by atoms with van der Waals surface area (Å²) in [5, 5.41) is 12.4. The fourth-order valence-electron chi connectivity index (χ4n) is 3.23. The molecule has 0 aromatic heterocycles. The van der Waals surface area contributed by atoms with Crippen molar-refractivity contribution in [2.75, 3.05) is 6.54 Å². The fraction of sp³-hybridized carbons (Fsp3) is 0.667. The molecule has 17 heavy (non-hydrogen) atoms. The Morgan fingerprint density at radius 3 is 3.00 bits per heavy atom. The summed E-state index contributed by atoms with van der Waals surface area (Å²) in [6, 6.07) is -0.659. The standard InChI is InChI=1S/C12H16N2O3/c15-10(16)9-3-2-8-4-6-12(5-1-7-13-12)11(17)14(8)9/h4,6,8-9,13H,1-3,5,7H2,(H,15,16). The number of rotatable bonds is 1.